The highest BCUT2D eigenvalue weighted by atomic mass is 32.2. The Balaban J connectivity index is 1.63. The Kier molecular flexibility index (Phi) is 6.76. The Morgan fingerprint density at radius 2 is 1.97 bits per heavy atom. The number of benzene rings is 2. The van der Waals surface area contributed by atoms with Crippen LogP contribution in [0.4, 0.5) is 5.13 Å². The Morgan fingerprint density at radius 1 is 1.20 bits per heavy atom. The van der Waals surface area contributed by atoms with Crippen LogP contribution in [0, 0.1) is 0 Å². The predicted molar refractivity (Wildman–Crippen MR) is 121 cm³/mol. The summed E-state index contributed by atoms with van der Waals surface area (Å²) in [7, 11) is 3.25. The average molecular weight is 445 g/mol. The lowest BCUT2D eigenvalue weighted by Crippen LogP contribution is -2.38. The summed E-state index contributed by atoms with van der Waals surface area (Å²) >= 11 is 2.97. The second-order valence-corrected chi connectivity index (χ2v) is 8.91. The first-order valence-electron chi connectivity index (χ1n) is 9.81. The number of carbonyl (C=O) groups excluding carboxylic acids is 1. The smallest absolute Gasteiger partial charge is 0.239 e. The molecule has 0 N–H and O–H groups in total. The highest BCUT2D eigenvalue weighted by Gasteiger charge is 2.27. The summed E-state index contributed by atoms with van der Waals surface area (Å²) in [5.74, 6) is 1.73. The minimum atomic E-state index is 0.0105. The van der Waals surface area contributed by atoms with Gasteiger partial charge >= 0.3 is 0 Å². The van der Waals surface area contributed by atoms with E-state index in [0.717, 1.165) is 34.8 Å². The van der Waals surface area contributed by atoms with E-state index in [-0.39, 0.29) is 12.0 Å². The van der Waals surface area contributed by atoms with Crippen LogP contribution in [0.5, 0.6) is 11.5 Å². The fraction of sp³-hybridized carbons (Fsp3) is 0.364. The Labute approximate surface area is 184 Å². The third-order valence-electron chi connectivity index (χ3n) is 4.95. The van der Waals surface area contributed by atoms with E-state index in [2.05, 4.69) is 0 Å². The Hall–Kier alpha value is -2.29. The zero-order chi connectivity index (χ0) is 20.9. The van der Waals surface area contributed by atoms with E-state index in [4.69, 9.17) is 19.2 Å². The highest BCUT2D eigenvalue weighted by Crippen LogP contribution is 2.40. The second kappa shape index (κ2) is 9.68. The Morgan fingerprint density at radius 3 is 2.67 bits per heavy atom. The van der Waals surface area contributed by atoms with Crippen molar-refractivity contribution >= 4 is 44.4 Å². The standard InChI is InChI=1S/C22H24N2O4S2/c1-26-17-10-11-18(27-2)21-20(17)23-22(30-21)24(13-15-7-6-12-28-15)19(25)14-29-16-8-4-3-5-9-16/h3-5,8-11,15H,6-7,12-14H2,1-2H3. The van der Waals surface area contributed by atoms with Crippen LogP contribution < -0.4 is 14.4 Å². The molecule has 8 heteroatoms. The molecular weight excluding hydrogens is 420 g/mol. The number of anilines is 1. The molecule has 1 saturated heterocycles. The molecule has 1 aliphatic heterocycles. The van der Waals surface area contributed by atoms with Crippen LogP contribution in [-0.2, 0) is 9.53 Å². The fourth-order valence-corrected chi connectivity index (χ4v) is 5.30. The van der Waals surface area contributed by atoms with Crippen LogP contribution in [0.2, 0.25) is 0 Å². The number of methoxy groups -OCH3 is 2. The molecule has 0 radical (unpaired) electrons. The number of aromatic nitrogens is 1. The number of thioether (sulfide) groups is 1. The molecule has 1 aliphatic rings. The third kappa shape index (κ3) is 4.55. The second-order valence-electron chi connectivity index (χ2n) is 6.89. The zero-order valence-electron chi connectivity index (χ0n) is 17.0. The molecular formula is C22H24N2O4S2. The van der Waals surface area contributed by atoms with Crippen LogP contribution in [0.25, 0.3) is 10.2 Å². The topological polar surface area (TPSA) is 60.9 Å². The molecule has 158 valence electrons. The largest absolute Gasteiger partial charge is 0.495 e. The van der Waals surface area contributed by atoms with E-state index in [9.17, 15) is 4.79 Å². The number of rotatable bonds is 8. The van der Waals surface area contributed by atoms with Gasteiger partial charge in [0.1, 0.15) is 21.7 Å². The number of hydrogen-bond acceptors (Lipinski definition) is 7. The Bertz CT molecular complexity index is 962. The van der Waals surface area contributed by atoms with Crippen molar-refractivity contribution in [3.05, 3.63) is 42.5 Å². The zero-order valence-corrected chi connectivity index (χ0v) is 18.6. The summed E-state index contributed by atoms with van der Waals surface area (Å²) in [6.07, 6.45) is 2.01. The van der Waals surface area contributed by atoms with E-state index < -0.39 is 0 Å². The van der Waals surface area contributed by atoms with Gasteiger partial charge in [-0.2, -0.15) is 0 Å². The average Bonchev–Trinajstić information content (AvgIpc) is 3.45. The number of hydrogen-bond donors (Lipinski definition) is 0. The summed E-state index contributed by atoms with van der Waals surface area (Å²) in [5.41, 5.74) is 0.706. The van der Waals surface area contributed by atoms with Crippen molar-refractivity contribution in [3.8, 4) is 11.5 Å². The lowest BCUT2D eigenvalue weighted by molar-refractivity contribution is -0.116. The predicted octanol–water partition coefficient (Wildman–Crippen LogP) is 4.62. The van der Waals surface area contributed by atoms with Crippen LogP contribution in [0.3, 0.4) is 0 Å². The quantitative estimate of drug-likeness (QED) is 0.473. The molecule has 1 atom stereocenters. The molecule has 1 unspecified atom stereocenters. The molecule has 0 saturated carbocycles. The van der Waals surface area contributed by atoms with Crippen molar-refractivity contribution in [1.29, 1.82) is 0 Å². The van der Waals surface area contributed by atoms with Gasteiger partial charge in [0.2, 0.25) is 5.91 Å². The van der Waals surface area contributed by atoms with E-state index in [1.165, 1.54) is 23.1 Å². The van der Waals surface area contributed by atoms with Gasteiger partial charge in [-0.25, -0.2) is 4.98 Å². The molecule has 6 nitrogen and oxygen atoms in total. The number of thiazole rings is 1. The van der Waals surface area contributed by atoms with E-state index in [1.807, 2.05) is 42.5 Å². The van der Waals surface area contributed by atoms with Gasteiger partial charge in [0, 0.05) is 11.5 Å². The van der Waals surface area contributed by atoms with Gasteiger partial charge in [-0.1, -0.05) is 29.5 Å². The first-order valence-corrected chi connectivity index (χ1v) is 11.6. The maximum Gasteiger partial charge on any atom is 0.239 e. The molecule has 0 spiro atoms. The molecule has 3 aromatic rings. The van der Waals surface area contributed by atoms with Gasteiger partial charge in [-0.15, -0.1) is 11.8 Å². The molecule has 0 bridgehead atoms. The fourth-order valence-electron chi connectivity index (χ4n) is 3.41. The van der Waals surface area contributed by atoms with Crippen molar-refractivity contribution in [2.75, 3.05) is 38.0 Å². The molecule has 2 aromatic carbocycles. The minimum absolute atomic E-state index is 0.0105. The molecule has 2 heterocycles. The van der Waals surface area contributed by atoms with Crippen LogP contribution in [-0.4, -0.2) is 50.1 Å². The summed E-state index contributed by atoms with van der Waals surface area (Å²) in [4.78, 5) is 20.8. The molecule has 4 rings (SSSR count). The molecule has 30 heavy (non-hydrogen) atoms. The van der Waals surface area contributed by atoms with E-state index in [0.29, 0.717) is 28.7 Å². The number of carbonyl (C=O) groups is 1. The van der Waals surface area contributed by atoms with Gasteiger partial charge in [0.25, 0.3) is 0 Å². The first-order chi connectivity index (χ1) is 14.7. The molecule has 0 aliphatic carbocycles. The van der Waals surface area contributed by atoms with Gasteiger partial charge in [0.05, 0.1) is 32.6 Å². The third-order valence-corrected chi connectivity index (χ3v) is 7.04. The SMILES string of the molecule is COc1ccc(OC)c2sc(N(CC3CCCO3)C(=O)CSc3ccccc3)nc12. The van der Waals surface area contributed by atoms with Crippen molar-refractivity contribution in [1.82, 2.24) is 4.98 Å². The van der Waals surface area contributed by atoms with Crippen molar-refractivity contribution < 1.29 is 19.0 Å². The first kappa shape index (κ1) is 21.0. The highest BCUT2D eigenvalue weighted by molar-refractivity contribution is 8.00. The van der Waals surface area contributed by atoms with Gasteiger partial charge in [-0.05, 0) is 37.1 Å². The van der Waals surface area contributed by atoms with Crippen LogP contribution >= 0.6 is 23.1 Å². The number of nitrogens with zero attached hydrogens (tertiary/aromatic N) is 2. The maximum atomic E-state index is 13.2. The number of amides is 1. The number of fused-ring (bicyclic) bond motifs is 1. The molecule has 1 fully saturated rings. The monoisotopic (exact) mass is 444 g/mol. The molecule has 1 amide bonds. The summed E-state index contributed by atoms with van der Waals surface area (Å²) in [5, 5.41) is 0.641. The van der Waals surface area contributed by atoms with Crippen molar-refractivity contribution in [2.24, 2.45) is 0 Å². The lowest BCUT2D eigenvalue weighted by Gasteiger charge is -2.23. The van der Waals surface area contributed by atoms with Crippen molar-refractivity contribution in [3.63, 3.8) is 0 Å². The van der Waals surface area contributed by atoms with Crippen LogP contribution in [0.15, 0.2) is 47.4 Å². The van der Waals surface area contributed by atoms with Gasteiger partial charge in [0.15, 0.2) is 5.13 Å². The van der Waals surface area contributed by atoms with Gasteiger partial charge < -0.3 is 14.2 Å². The summed E-state index contributed by atoms with van der Waals surface area (Å²) in [6.45, 7) is 1.24. The normalized spacial score (nSPS) is 16.0. The summed E-state index contributed by atoms with van der Waals surface area (Å²) in [6, 6.07) is 13.6. The van der Waals surface area contributed by atoms with E-state index >= 15 is 0 Å². The van der Waals surface area contributed by atoms with Gasteiger partial charge in [-0.3, -0.25) is 9.69 Å². The number of ether oxygens (including phenoxy) is 3. The lowest BCUT2D eigenvalue weighted by atomic mass is 10.2. The molecule has 1 aromatic heterocycles. The van der Waals surface area contributed by atoms with Crippen molar-refractivity contribution in [2.45, 2.75) is 23.8 Å². The maximum absolute atomic E-state index is 13.2. The van der Waals surface area contributed by atoms with E-state index in [1.54, 1.807) is 19.1 Å². The summed E-state index contributed by atoms with van der Waals surface area (Å²) < 4.78 is 17.7. The minimum Gasteiger partial charge on any atom is -0.495 e. The van der Waals surface area contributed by atoms with Crippen LogP contribution in [0.1, 0.15) is 12.8 Å².